The first-order valence-corrected chi connectivity index (χ1v) is 11.9. The number of ether oxygens (including phenoxy) is 1. The topological polar surface area (TPSA) is 117 Å². The molecule has 0 radical (unpaired) electrons. The van der Waals surface area contributed by atoms with Crippen LogP contribution in [0, 0.1) is 5.92 Å². The van der Waals surface area contributed by atoms with E-state index in [4.69, 9.17) is 4.74 Å². The molecule has 2 aromatic rings. The van der Waals surface area contributed by atoms with Gasteiger partial charge >= 0.3 is 6.09 Å². The Morgan fingerprint density at radius 1 is 1.08 bits per heavy atom. The van der Waals surface area contributed by atoms with E-state index in [0.717, 1.165) is 5.56 Å². The smallest absolute Gasteiger partial charge is 0.407 e. The molecular weight excluding hydrogens is 460 g/mol. The summed E-state index contributed by atoms with van der Waals surface area (Å²) in [6, 6.07) is 17.6. The molecule has 2 aromatic carbocycles. The number of carbonyl (C=O) groups excluding carboxylic acids is 4. The van der Waals surface area contributed by atoms with E-state index >= 15 is 0 Å². The van der Waals surface area contributed by atoms with Crippen LogP contribution in [0.5, 0.6) is 0 Å². The van der Waals surface area contributed by atoms with Gasteiger partial charge in [-0.15, -0.1) is 0 Å². The molecule has 1 fully saturated rings. The Bertz CT molecular complexity index is 1090. The van der Waals surface area contributed by atoms with Crippen LogP contribution in [-0.4, -0.2) is 54.4 Å². The fourth-order valence-corrected chi connectivity index (χ4v) is 3.78. The molecule has 9 nitrogen and oxygen atoms in total. The maximum Gasteiger partial charge on any atom is 0.407 e. The second-order valence-corrected chi connectivity index (χ2v) is 8.87. The molecule has 190 valence electrons. The molecule has 0 bridgehead atoms. The first-order valence-electron chi connectivity index (χ1n) is 11.9. The summed E-state index contributed by atoms with van der Waals surface area (Å²) >= 11 is 0. The predicted molar refractivity (Wildman–Crippen MR) is 135 cm³/mol. The van der Waals surface area contributed by atoms with E-state index in [1.165, 1.54) is 4.90 Å². The van der Waals surface area contributed by atoms with E-state index in [0.29, 0.717) is 25.1 Å². The van der Waals surface area contributed by atoms with Crippen LogP contribution in [0.1, 0.15) is 31.4 Å². The number of nitrogens with one attached hydrogen (secondary N) is 3. The van der Waals surface area contributed by atoms with E-state index < -0.39 is 23.9 Å². The molecule has 3 N–H and O–H groups in total. The Morgan fingerprint density at radius 3 is 2.42 bits per heavy atom. The van der Waals surface area contributed by atoms with Gasteiger partial charge in [0.15, 0.2) is 0 Å². The lowest BCUT2D eigenvalue weighted by atomic mass is 9.99. The van der Waals surface area contributed by atoms with Crippen molar-refractivity contribution in [2.45, 2.75) is 32.9 Å². The second-order valence-electron chi connectivity index (χ2n) is 8.87. The van der Waals surface area contributed by atoms with E-state index in [1.54, 1.807) is 18.2 Å². The molecule has 0 aromatic heterocycles. The molecule has 4 amide bonds. The summed E-state index contributed by atoms with van der Waals surface area (Å²) in [7, 11) is 0. The first kappa shape index (κ1) is 26.5. The highest BCUT2D eigenvalue weighted by atomic mass is 16.5. The molecule has 36 heavy (non-hydrogen) atoms. The molecular formula is C27H32N4O5. The maximum atomic E-state index is 13.5. The Morgan fingerprint density at radius 2 is 1.75 bits per heavy atom. The van der Waals surface area contributed by atoms with Crippen molar-refractivity contribution in [1.29, 1.82) is 0 Å². The third-order valence-electron chi connectivity index (χ3n) is 5.51. The SMILES string of the molecule is CC(C)CC1C(=O)NCCN1C(=O)C(=Cc1ccccc1)NC(=O)CNC(=O)OCc1ccccc1. The average Bonchev–Trinajstić information content (AvgIpc) is 2.87. The molecule has 1 aliphatic heterocycles. The molecule has 1 heterocycles. The number of piperazine rings is 1. The van der Waals surface area contributed by atoms with Gasteiger partial charge in [-0.3, -0.25) is 14.4 Å². The van der Waals surface area contributed by atoms with Crippen LogP contribution in [0.3, 0.4) is 0 Å². The number of amides is 4. The van der Waals surface area contributed by atoms with Gasteiger partial charge in [-0.2, -0.15) is 0 Å². The Labute approximate surface area is 210 Å². The van der Waals surface area contributed by atoms with Gasteiger partial charge in [0.2, 0.25) is 11.8 Å². The van der Waals surface area contributed by atoms with Gasteiger partial charge in [0.05, 0.1) is 0 Å². The molecule has 9 heteroatoms. The first-order chi connectivity index (χ1) is 17.3. The zero-order valence-corrected chi connectivity index (χ0v) is 20.5. The van der Waals surface area contributed by atoms with Crippen molar-refractivity contribution >= 4 is 29.9 Å². The molecule has 1 atom stereocenters. The van der Waals surface area contributed by atoms with Crippen molar-refractivity contribution in [2.75, 3.05) is 19.6 Å². The van der Waals surface area contributed by atoms with Crippen LogP contribution in [0.2, 0.25) is 0 Å². The van der Waals surface area contributed by atoms with Crippen molar-refractivity contribution in [2.24, 2.45) is 5.92 Å². The lowest BCUT2D eigenvalue weighted by Crippen LogP contribution is -2.58. The van der Waals surface area contributed by atoms with Crippen LogP contribution < -0.4 is 16.0 Å². The predicted octanol–water partition coefficient (Wildman–Crippen LogP) is 2.44. The van der Waals surface area contributed by atoms with Crippen LogP contribution in [0.15, 0.2) is 66.4 Å². The fraction of sp³-hybridized carbons (Fsp3) is 0.333. The third-order valence-corrected chi connectivity index (χ3v) is 5.51. The average molecular weight is 493 g/mol. The quantitative estimate of drug-likeness (QED) is 0.465. The summed E-state index contributed by atoms with van der Waals surface area (Å²) in [5.41, 5.74) is 1.55. The number of alkyl carbamates (subject to hydrolysis) is 1. The van der Waals surface area contributed by atoms with Gasteiger partial charge in [0.1, 0.15) is 24.9 Å². The minimum absolute atomic E-state index is 0.0223. The number of hydrogen-bond acceptors (Lipinski definition) is 5. The molecule has 3 rings (SSSR count). The van der Waals surface area contributed by atoms with Gasteiger partial charge in [0, 0.05) is 13.1 Å². The minimum atomic E-state index is -0.751. The molecule has 0 saturated carbocycles. The highest BCUT2D eigenvalue weighted by molar-refractivity contribution is 6.03. The Hall–Kier alpha value is -4.14. The van der Waals surface area contributed by atoms with E-state index in [2.05, 4.69) is 16.0 Å². The van der Waals surface area contributed by atoms with E-state index in [9.17, 15) is 19.2 Å². The Balaban J connectivity index is 1.68. The molecule has 1 saturated heterocycles. The summed E-state index contributed by atoms with van der Waals surface area (Å²) < 4.78 is 5.12. The lowest BCUT2D eigenvalue weighted by molar-refractivity contribution is -0.141. The number of hydrogen-bond donors (Lipinski definition) is 3. The number of nitrogens with zero attached hydrogens (tertiary/aromatic N) is 1. The van der Waals surface area contributed by atoms with Crippen LogP contribution >= 0.6 is 0 Å². The van der Waals surface area contributed by atoms with E-state index in [1.807, 2.05) is 62.4 Å². The fourth-order valence-electron chi connectivity index (χ4n) is 3.78. The van der Waals surface area contributed by atoms with Gasteiger partial charge in [-0.25, -0.2) is 4.79 Å². The zero-order chi connectivity index (χ0) is 25.9. The standard InChI is InChI=1S/C27H32N4O5/c1-19(2)15-23-25(33)28-13-14-31(23)26(34)22(16-20-9-5-3-6-10-20)30-24(32)17-29-27(35)36-18-21-11-7-4-8-12-21/h3-12,16,19,23H,13-15,17-18H2,1-2H3,(H,28,33)(H,29,35)(H,30,32). The van der Waals surface area contributed by atoms with Gasteiger partial charge in [-0.1, -0.05) is 74.5 Å². The minimum Gasteiger partial charge on any atom is -0.445 e. The molecule has 0 aliphatic carbocycles. The van der Waals surface area contributed by atoms with Crippen molar-refractivity contribution < 1.29 is 23.9 Å². The number of rotatable bonds is 9. The molecule has 0 spiro atoms. The normalized spacial score (nSPS) is 15.8. The zero-order valence-electron chi connectivity index (χ0n) is 20.5. The van der Waals surface area contributed by atoms with Crippen LogP contribution in [-0.2, 0) is 25.7 Å². The number of benzene rings is 2. The number of carbonyl (C=O) groups is 4. The van der Waals surface area contributed by atoms with Crippen molar-refractivity contribution in [3.63, 3.8) is 0 Å². The van der Waals surface area contributed by atoms with Crippen molar-refractivity contribution in [1.82, 2.24) is 20.9 Å². The van der Waals surface area contributed by atoms with E-state index in [-0.39, 0.29) is 30.7 Å². The highest BCUT2D eigenvalue weighted by Crippen LogP contribution is 2.18. The summed E-state index contributed by atoms with van der Waals surface area (Å²) in [6.45, 7) is 4.31. The lowest BCUT2D eigenvalue weighted by Gasteiger charge is -2.36. The van der Waals surface area contributed by atoms with Crippen molar-refractivity contribution in [3.05, 3.63) is 77.5 Å². The van der Waals surface area contributed by atoms with Crippen LogP contribution in [0.25, 0.3) is 6.08 Å². The van der Waals surface area contributed by atoms with Gasteiger partial charge in [0.25, 0.3) is 5.91 Å². The molecule has 1 aliphatic rings. The summed E-state index contributed by atoms with van der Waals surface area (Å²) in [5, 5.41) is 7.81. The maximum absolute atomic E-state index is 13.5. The third kappa shape index (κ3) is 7.97. The van der Waals surface area contributed by atoms with Gasteiger partial charge in [-0.05, 0) is 29.5 Å². The summed E-state index contributed by atoms with van der Waals surface area (Å²) in [4.78, 5) is 52.2. The largest absolute Gasteiger partial charge is 0.445 e. The van der Waals surface area contributed by atoms with Gasteiger partial charge < -0.3 is 25.6 Å². The Kier molecular flexibility index (Phi) is 9.62. The summed E-state index contributed by atoms with van der Waals surface area (Å²) in [5.74, 6) is -1.07. The summed E-state index contributed by atoms with van der Waals surface area (Å²) in [6.07, 6.45) is 1.31. The monoisotopic (exact) mass is 492 g/mol. The molecule has 1 unspecified atom stereocenters. The van der Waals surface area contributed by atoms with Crippen LogP contribution in [0.4, 0.5) is 4.79 Å². The van der Waals surface area contributed by atoms with Crippen molar-refractivity contribution in [3.8, 4) is 0 Å². The second kappa shape index (κ2) is 13.1. The highest BCUT2D eigenvalue weighted by Gasteiger charge is 2.35.